The summed E-state index contributed by atoms with van der Waals surface area (Å²) in [6, 6.07) is 6.13. The van der Waals surface area contributed by atoms with E-state index in [9.17, 15) is 9.18 Å². The third kappa shape index (κ3) is 3.33. The summed E-state index contributed by atoms with van der Waals surface area (Å²) in [5, 5.41) is 0.558. The molecule has 0 radical (unpaired) electrons. The fourth-order valence-corrected chi connectivity index (χ4v) is 3.43. The zero-order chi connectivity index (χ0) is 19.7. The molecule has 0 aliphatic carbocycles. The Morgan fingerprint density at radius 3 is 2.50 bits per heavy atom. The van der Waals surface area contributed by atoms with E-state index < -0.39 is 0 Å². The molecule has 4 rings (SSSR count). The number of benzene rings is 1. The van der Waals surface area contributed by atoms with Crippen molar-refractivity contribution in [2.75, 3.05) is 38.2 Å². The maximum Gasteiger partial charge on any atom is 0.272 e. The van der Waals surface area contributed by atoms with Gasteiger partial charge in [0.15, 0.2) is 0 Å². The fourth-order valence-electron chi connectivity index (χ4n) is 3.43. The highest BCUT2D eigenvalue weighted by molar-refractivity contribution is 5.98. The van der Waals surface area contributed by atoms with Gasteiger partial charge in [0.25, 0.3) is 5.91 Å². The number of fused-ring (bicyclic) bond motifs is 1. The second-order valence-corrected chi connectivity index (χ2v) is 6.66. The Morgan fingerprint density at radius 2 is 1.82 bits per heavy atom. The van der Waals surface area contributed by atoms with Crippen LogP contribution in [0.2, 0.25) is 0 Å². The Kier molecular flexibility index (Phi) is 4.77. The molecule has 28 heavy (non-hydrogen) atoms. The Morgan fingerprint density at radius 1 is 1.11 bits per heavy atom. The highest BCUT2D eigenvalue weighted by atomic mass is 19.1. The van der Waals surface area contributed by atoms with Gasteiger partial charge in [-0.2, -0.15) is 0 Å². The molecule has 3 aromatic rings. The van der Waals surface area contributed by atoms with Crippen LogP contribution >= 0.6 is 0 Å². The normalized spacial score (nSPS) is 14.4. The van der Waals surface area contributed by atoms with E-state index in [0.29, 0.717) is 60.0 Å². The van der Waals surface area contributed by atoms with Crippen LogP contribution in [0.25, 0.3) is 10.9 Å². The molecule has 1 amide bonds. The molecule has 1 aliphatic heterocycles. The van der Waals surface area contributed by atoms with Crippen molar-refractivity contribution in [2.45, 2.75) is 6.92 Å². The van der Waals surface area contributed by atoms with E-state index in [0.717, 1.165) is 0 Å². The van der Waals surface area contributed by atoms with Crippen molar-refractivity contribution in [3.63, 3.8) is 0 Å². The molecule has 3 heterocycles. The van der Waals surface area contributed by atoms with Crippen LogP contribution in [0.5, 0.6) is 5.75 Å². The number of ether oxygens (including phenoxy) is 1. The number of piperazine rings is 1. The third-order valence-electron chi connectivity index (χ3n) is 4.87. The van der Waals surface area contributed by atoms with E-state index in [1.165, 1.54) is 19.2 Å². The largest absolute Gasteiger partial charge is 0.496 e. The Hall–Kier alpha value is -3.29. The van der Waals surface area contributed by atoms with Crippen molar-refractivity contribution in [3.8, 4) is 5.75 Å². The standard InChI is InChI=1S/C20H20FN5O2/c1-13-10-14(21)11-15-17(28-2)12-16(24-18(13)15)19(27)25-6-8-26(9-7-25)20-22-4-3-5-23-20/h3-5,10-12H,6-9H2,1-2H3. The maximum atomic E-state index is 13.8. The van der Waals surface area contributed by atoms with Crippen LogP contribution in [0.15, 0.2) is 36.7 Å². The van der Waals surface area contributed by atoms with Crippen molar-refractivity contribution < 1.29 is 13.9 Å². The molecule has 0 saturated carbocycles. The lowest BCUT2D eigenvalue weighted by atomic mass is 10.1. The number of nitrogens with zero attached hydrogens (tertiary/aromatic N) is 5. The minimum Gasteiger partial charge on any atom is -0.496 e. The minimum atomic E-state index is -0.358. The first kappa shape index (κ1) is 18.1. The molecule has 0 atom stereocenters. The molecule has 8 heteroatoms. The summed E-state index contributed by atoms with van der Waals surface area (Å²) >= 11 is 0. The van der Waals surface area contributed by atoms with Crippen LogP contribution < -0.4 is 9.64 Å². The summed E-state index contributed by atoms with van der Waals surface area (Å²) in [5.74, 6) is 0.575. The minimum absolute atomic E-state index is 0.169. The highest BCUT2D eigenvalue weighted by Crippen LogP contribution is 2.29. The van der Waals surface area contributed by atoms with Crippen molar-refractivity contribution in [3.05, 3.63) is 53.7 Å². The quantitative estimate of drug-likeness (QED) is 0.694. The molecular formula is C20H20FN5O2. The van der Waals surface area contributed by atoms with Crippen LogP contribution in [-0.4, -0.2) is 59.0 Å². The number of anilines is 1. The van der Waals surface area contributed by atoms with Gasteiger partial charge in [-0.25, -0.2) is 19.3 Å². The lowest BCUT2D eigenvalue weighted by molar-refractivity contribution is 0.0740. The van der Waals surface area contributed by atoms with Crippen LogP contribution in [0, 0.1) is 12.7 Å². The summed E-state index contributed by atoms with van der Waals surface area (Å²) in [5.41, 5.74) is 1.53. The number of carbonyl (C=O) groups excluding carboxylic acids is 1. The number of halogens is 1. The Bertz CT molecular complexity index is 1020. The first-order valence-electron chi connectivity index (χ1n) is 9.03. The van der Waals surface area contributed by atoms with Gasteiger partial charge in [0.1, 0.15) is 17.3 Å². The smallest absolute Gasteiger partial charge is 0.272 e. The first-order valence-corrected chi connectivity index (χ1v) is 9.03. The summed E-state index contributed by atoms with van der Waals surface area (Å²) in [6.07, 6.45) is 3.41. The van der Waals surface area contributed by atoms with Gasteiger partial charge < -0.3 is 14.5 Å². The average molecular weight is 381 g/mol. The molecule has 1 aliphatic rings. The molecule has 0 spiro atoms. The predicted octanol–water partition coefficient (Wildman–Crippen LogP) is 2.44. The molecule has 7 nitrogen and oxygen atoms in total. The van der Waals surface area contributed by atoms with Gasteiger partial charge in [-0.1, -0.05) is 0 Å². The molecule has 0 unspecified atom stereocenters. The van der Waals surface area contributed by atoms with Crippen molar-refractivity contribution in [1.82, 2.24) is 19.9 Å². The highest BCUT2D eigenvalue weighted by Gasteiger charge is 2.25. The molecule has 1 fully saturated rings. The Labute approximate surface area is 161 Å². The van der Waals surface area contributed by atoms with Gasteiger partial charge in [-0.05, 0) is 30.7 Å². The first-order chi connectivity index (χ1) is 13.6. The predicted molar refractivity (Wildman–Crippen MR) is 103 cm³/mol. The number of pyridine rings is 1. The lowest BCUT2D eigenvalue weighted by Gasteiger charge is -2.34. The van der Waals surface area contributed by atoms with E-state index in [1.54, 1.807) is 36.4 Å². The number of carbonyl (C=O) groups is 1. The van der Waals surface area contributed by atoms with Crippen LogP contribution in [0.3, 0.4) is 0 Å². The van der Waals surface area contributed by atoms with Gasteiger partial charge in [0.2, 0.25) is 5.95 Å². The summed E-state index contributed by atoms with van der Waals surface area (Å²) in [4.78, 5) is 29.8. The number of aryl methyl sites for hydroxylation is 1. The van der Waals surface area contributed by atoms with Gasteiger partial charge in [-0.15, -0.1) is 0 Å². The SMILES string of the molecule is COc1cc(C(=O)N2CCN(c3ncccn3)CC2)nc2c(C)cc(F)cc12. The number of rotatable bonds is 3. The molecular weight excluding hydrogens is 361 g/mol. The molecule has 1 aromatic carbocycles. The zero-order valence-electron chi connectivity index (χ0n) is 15.7. The topological polar surface area (TPSA) is 71.5 Å². The molecule has 0 N–H and O–H groups in total. The van der Waals surface area contributed by atoms with Crippen molar-refractivity contribution in [1.29, 1.82) is 0 Å². The monoisotopic (exact) mass is 381 g/mol. The van der Waals surface area contributed by atoms with Gasteiger partial charge in [0, 0.05) is 50.0 Å². The van der Waals surface area contributed by atoms with Crippen molar-refractivity contribution in [2.24, 2.45) is 0 Å². The van der Waals surface area contributed by atoms with E-state index >= 15 is 0 Å². The number of hydrogen-bond acceptors (Lipinski definition) is 6. The second kappa shape index (κ2) is 7.38. The summed E-state index contributed by atoms with van der Waals surface area (Å²) in [6.45, 7) is 4.14. The molecule has 1 saturated heterocycles. The van der Waals surface area contributed by atoms with Gasteiger partial charge >= 0.3 is 0 Å². The maximum absolute atomic E-state index is 13.8. The Balaban J connectivity index is 1.58. The van der Waals surface area contributed by atoms with Crippen LogP contribution in [0.1, 0.15) is 16.1 Å². The van der Waals surface area contributed by atoms with Gasteiger partial charge in [0.05, 0.1) is 12.6 Å². The van der Waals surface area contributed by atoms with Crippen LogP contribution in [-0.2, 0) is 0 Å². The number of amides is 1. The third-order valence-corrected chi connectivity index (χ3v) is 4.87. The molecule has 2 aromatic heterocycles. The fraction of sp³-hybridized carbons (Fsp3) is 0.300. The summed E-state index contributed by atoms with van der Waals surface area (Å²) < 4.78 is 19.2. The van der Waals surface area contributed by atoms with Crippen molar-refractivity contribution >= 4 is 22.8 Å². The van der Waals surface area contributed by atoms with E-state index in [1.807, 2.05) is 4.90 Å². The second-order valence-electron chi connectivity index (χ2n) is 6.66. The van der Waals surface area contributed by atoms with Crippen LogP contribution in [0.4, 0.5) is 10.3 Å². The lowest BCUT2D eigenvalue weighted by Crippen LogP contribution is -2.49. The van der Waals surface area contributed by atoms with Gasteiger partial charge in [-0.3, -0.25) is 4.79 Å². The number of aromatic nitrogens is 3. The molecule has 0 bridgehead atoms. The number of hydrogen-bond donors (Lipinski definition) is 0. The average Bonchev–Trinajstić information content (AvgIpc) is 2.73. The summed E-state index contributed by atoms with van der Waals surface area (Å²) in [7, 11) is 1.50. The van der Waals surface area contributed by atoms with E-state index in [-0.39, 0.29) is 11.7 Å². The van der Waals surface area contributed by atoms with E-state index in [4.69, 9.17) is 4.74 Å². The van der Waals surface area contributed by atoms with E-state index in [2.05, 4.69) is 15.0 Å². The molecule has 144 valence electrons. The number of methoxy groups -OCH3 is 1. The zero-order valence-corrected chi connectivity index (χ0v) is 15.7.